The molecule has 4 heterocycles. The van der Waals surface area contributed by atoms with Crippen LogP contribution in [0.2, 0.25) is 0 Å². The standard InChI is InChI=1S/C18H22N4O3/c23-18(15-2-1-7-19-12-15)22-8-3-14(4-9-22)17-20-16(21-25-17)13-5-10-24-11-6-13/h1-2,7,12-14H,3-6,8-11H2. The molecule has 2 aromatic heterocycles. The predicted molar refractivity (Wildman–Crippen MR) is 89.2 cm³/mol. The van der Waals surface area contributed by atoms with Gasteiger partial charge in [-0.25, -0.2) is 0 Å². The molecule has 0 atom stereocenters. The molecule has 2 fully saturated rings. The Bertz CT molecular complexity index is 704. The van der Waals surface area contributed by atoms with E-state index in [1.807, 2.05) is 4.90 Å². The highest BCUT2D eigenvalue weighted by Gasteiger charge is 2.29. The molecule has 7 nitrogen and oxygen atoms in total. The van der Waals surface area contributed by atoms with E-state index in [4.69, 9.17) is 9.26 Å². The summed E-state index contributed by atoms with van der Waals surface area (Å²) in [7, 11) is 0. The minimum atomic E-state index is 0.0416. The lowest BCUT2D eigenvalue weighted by atomic mass is 9.96. The molecule has 0 N–H and O–H groups in total. The summed E-state index contributed by atoms with van der Waals surface area (Å²) in [5.41, 5.74) is 0.639. The summed E-state index contributed by atoms with van der Waals surface area (Å²) in [6.07, 6.45) is 6.90. The van der Waals surface area contributed by atoms with E-state index in [0.717, 1.165) is 50.6 Å². The number of piperidine rings is 1. The highest BCUT2D eigenvalue weighted by Crippen LogP contribution is 2.30. The summed E-state index contributed by atoms with van der Waals surface area (Å²) in [6.45, 7) is 2.94. The van der Waals surface area contributed by atoms with Crippen molar-refractivity contribution >= 4 is 5.91 Å². The molecule has 132 valence electrons. The summed E-state index contributed by atoms with van der Waals surface area (Å²) in [5, 5.41) is 4.19. The topological polar surface area (TPSA) is 81.4 Å². The average Bonchev–Trinajstić information content (AvgIpc) is 3.19. The van der Waals surface area contributed by atoms with Crippen molar-refractivity contribution in [2.45, 2.75) is 37.5 Å². The number of nitrogens with zero attached hydrogens (tertiary/aromatic N) is 4. The van der Waals surface area contributed by atoms with Gasteiger partial charge in [0.2, 0.25) is 5.89 Å². The molecule has 0 bridgehead atoms. The number of hydrogen-bond acceptors (Lipinski definition) is 6. The second-order valence-corrected chi connectivity index (χ2v) is 6.69. The van der Waals surface area contributed by atoms with Crippen LogP contribution in [-0.4, -0.2) is 52.2 Å². The first-order chi connectivity index (χ1) is 12.3. The molecule has 1 amide bonds. The first kappa shape index (κ1) is 16.2. The fourth-order valence-electron chi connectivity index (χ4n) is 3.54. The van der Waals surface area contributed by atoms with Gasteiger partial charge in [0.1, 0.15) is 0 Å². The van der Waals surface area contributed by atoms with Crippen LogP contribution in [0.4, 0.5) is 0 Å². The zero-order valence-electron chi connectivity index (χ0n) is 14.1. The molecular formula is C18H22N4O3. The van der Waals surface area contributed by atoms with Crippen LogP contribution in [0.3, 0.4) is 0 Å². The van der Waals surface area contributed by atoms with Crippen molar-refractivity contribution in [3.63, 3.8) is 0 Å². The van der Waals surface area contributed by atoms with Crippen molar-refractivity contribution in [3.05, 3.63) is 41.8 Å². The van der Waals surface area contributed by atoms with E-state index < -0.39 is 0 Å². The number of ether oxygens (including phenoxy) is 1. The summed E-state index contributed by atoms with van der Waals surface area (Å²) in [5.74, 6) is 2.15. The van der Waals surface area contributed by atoms with Gasteiger partial charge in [-0.2, -0.15) is 4.98 Å². The molecule has 0 aliphatic carbocycles. The monoisotopic (exact) mass is 342 g/mol. The number of aromatic nitrogens is 3. The molecule has 0 spiro atoms. The van der Waals surface area contributed by atoms with Crippen molar-refractivity contribution in [2.75, 3.05) is 26.3 Å². The van der Waals surface area contributed by atoms with Gasteiger partial charge in [0, 0.05) is 50.5 Å². The quantitative estimate of drug-likeness (QED) is 0.852. The molecule has 0 saturated carbocycles. The molecule has 2 aliphatic rings. The molecule has 2 aromatic rings. The second-order valence-electron chi connectivity index (χ2n) is 6.69. The van der Waals surface area contributed by atoms with Gasteiger partial charge in [-0.1, -0.05) is 5.16 Å². The van der Waals surface area contributed by atoms with E-state index in [9.17, 15) is 4.79 Å². The first-order valence-corrected chi connectivity index (χ1v) is 8.92. The molecule has 2 aliphatic heterocycles. The molecule has 4 rings (SSSR count). The predicted octanol–water partition coefficient (Wildman–Crippen LogP) is 2.38. The number of carbonyl (C=O) groups excluding carboxylic acids is 1. The summed E-state index contributed by atoms with van der Waals surface area (Å²) < 4.78 is 10.9. The van der Waals surface area contributed by atoms with Crippen molar-refractivity contribution in [3.8, 4) is 0 Å². The summed E-state index contributed by atoms with van der Waals surface area (Å²) in [6, 6.07) is 3.59. The zero-order chi connectivity index (χ0) is 17.1. The van der Waals surface area contributed by atoms with Crippen LogP contribution in [0.25, 0.3) is 0 Å². The lowest BCUT2D eigenvalue weighted by Gasteiger charge is -2.30. The van der Waals surface area contributed by atoms with Crippen molar-refractivity contribution in [1.29, 1.82) is 0 Å². The van der Waals surface area contributed by atoms with Gasteiger partial charge in [-0.15, -0.1) is 0 Å². The first-order valence-electron chi connectivity index (χ1n) is 8.92. The molecule has 0 radical (unpaired) electrons. The van der Waals surface area contributed by atoms with Gasteiger partial charge in [0.25, 0.3) is 5.91 Å². The minimum absolute atomic E-state index is 0.0416. The Kier molecular flexibility index (Phi) is 4.74. The fourth-order valence-corrected chi connectivity index (χ4v) is 3.54. The number of pyridine rings is 1. The van der Waals surface area contributed by atoms with E-state index in [1.54, 1.807) is 24.5 Å². The van der Waals surface area contributed by atoms with Crippen molar-refractivity contribution in [2.24, 2.45) is 0 Å². The Hall–Kier alpha value is -2.28. The SMILES string of the molecule is O=C(c1cccnc1)N1CCC(c2nc(C3CCOCC3)no2)CC1. The number of hydrogen-bond donors (Lipinski definition) is 0. The Morgan fingerprint density at radius 1 is 1.12 bits per heavy atom. The van der Waals surface area contributed by atoms with E-state index in [-0.39, 0.29) is 11.8 Å². The maximum absolute atomic E-state index is 12.5. The highest BCUT2D eigenvalue weighted by molar-refractivity contribution is 5.93. The van der Waals surface area contributed by atoms with Crippen LogP contribution < -0.4 is 0 Å². The van der Waals surface area contributed by atoms with Gasteiger partial charge in [0.15, 0.2) is 5.82 Å². The fraction of sp³-hybridized carbons (Fsp3) is 0.556. The van der Waals surface area contributed by atoms with Crippen LogP contribution in [0.15, 0.2) is 29.0 Å². The van der Waals surface area contributed by atoms with Crippen LogP contribution in [0, 0.1) is 0 Å². The maximum atomic E-state index is 12.5. The Labute approximate surface area is 146 Å². The van der Waals surface area contributed by atoms with E-state index in [1.165, 1.54) is 0 Å². The maximum Gasteiger partial charge on any atom is 0.255 e. The number of rotatable bonds is 3. The van der Waals surface area contributed by atoms with Crippen LogP contribution >= 0.6 is 0 Å². The third kappa shape index (κ3) is 3.56. The Morgan fingerprint density at radius 3 is 2.64 bits per heavy atom. The third-order valence-electron chi connectivity index (χ3n) is 5.08. The van der Waals surface area contributed by atoms with Crippen LogP contribution in [-0.2, 0) is 4.74 Å². The van der Waals surface area contributed by atoms with Gasteiger partial charge >= 0.3 is 0 Å². The molecule has 2 saturated heterocycles. The summed E-state index contributed by atoms with van der Waals surface area (Å²) >= 11 is 0. The highest BCUT2D eigenvalue weighted by atomic mass is 16.5. The van der Waals surface area contributed by atoms with Gasteiger partial charge in [0.05, 0.1) is 5.56 Å². The van der Waals surface area contributed by atoms with E-state index >= 15 is 0 Å². The zero-order valence-corrected chi connectivity index (χ0v) is 14.1. The molecule has 7 heteroatoms. The Balaban J connectivity index is 1.36. The number of likely N-dealkylation sites (tertiary alicyclic amines) is 1. The molecule has 0 aromatic carbocycles. The summed E-state index contributed by atoms with van der Waals surface area (Å²) in [4.78, 5) is 23.0. The van der Waals surface area contributed by atoms with Crippen molar-refractivity contribution < 1.29 is 14.1 Å². The van der Waals surface area contributed by atoms with Gasteiger partial charge < -0.3 is 14.2 Å². The van der Waals surface area contributed by atoms with Crippen LogP contribution in [0.1, 0.15) is 59.6 Å². The van der Waals surface area contributed by atoms with E-state index in [0.29, 0.717) is 24.6 Å². The smallest absolute Gasteiger partial charge is 0.255 e. The number of amides is 1. The average molecular weight is 342 g/mol. The molecule has 0 unspecified atom stereocenters. The van der Waals surface area contributed by atoms with E-state index in [2.05, 4.69) is 15.1 Å². The lowest BCUT2D eigenvalue weighted by molar-refractivity contribution is 0.0704. The Morgan fingerprint density at radius 2 is 1.92 bits per heavy atom. The normalized spacial score (nSPS) is 19.9. The van der Waals surface area contributed by atoms with Gasteiger partial charge in [-0.05, 0) is 37.8 Å². The molecular weight excluding hydrogens is 320 g/mol. The number of carbonyl (C=O) groups is 1. The van der Waals surface area contributed by atoms with Crippen molar-refractivity contribution in [1.82, 2.24) is 20.0 Å². The molecule has 25 heavy (non-hydrogen) atoms. The third-order valence-corrected chi connectivity index (χ3v) is 5.08. The van der Waals surface area contributed by atoms with Gasteiger partial charge in [-0.3, -0.25) is 9.78 Å². The largest absolute Gasteiger partial charge is 0.381 e. The second kappa shape index (κ2) is 7.31. The van der Waals surface area contributed by atoms with Crippen LogP contribution in [0.5, 0.6) is 0 Å². The lowest BCUT2D eigenvalue weighted by Crippen LogP contribution is -2.38. The minimum Gasteiger partial charge on any atom is -0.381 e.